The van der Waals surface area contributed by atoms with E-state index in [4.69, 9.17) is 10.8 Å². The van der Waals surface area contributed by atoms with Crippen molar-refractivity contribution in [2.45, 2.75) is 51.8 Å². The molecule has 1 aliphatic rings. The average Bonchev–Trinajstić information content (AvgIpc) is 2.76. The fourth-order valence-electron chi connectivity index (χ4n) is 2.86. The minimum Gasteiger partial charge on any atom is -0.377 e. The van der Waals surface area contributed by atoms with Crippen molar-refractivity contribution in [3.05, 3.63) is 34.4 Å². The molecule has 100 valence electrons. The maximum Gasteiger partial charge on any atom is 0.115 e. The van der Waals surface area contributed by atoms with Gasteiger partial charge in [-0.05, 0) is 47.9 Å². The fraction of sp³-hybridized carbons (Fsp3) is 0.600. The fourth-order valence-corrected chi connectivity index (χ4v) is 2.86. The average molecular weight is 248 g/mol. The summed E-state index contributed by atoms with van der Waals surface area (Å²) in [5.41, 5.74) is 11.3. The van der Waals surface area contributed by atoms with Crippen molar-refractivity contribution >= 4 is 0 Å². The highest BCUT2D eigenvalue weighted by Crippen LogP contribution is 2.26. The van der Waals surface area contributed by atoms with Crippen LogP contribution in [0.25, 0.3) is 0 Å². The Hall–Kier alpha value is -0.900. The summed E-state index contributed by atoms with van der Waals surface area (Å²) in [6, 6.07) is 5.17. The van der Waals surface area contributed by atoms with Crippen molar-refractivity contribution in [2.75, 3.05) is 6.54 Å². The summed E-state index contributed by atoms with van der Waals surface area (Å²) in [7, 11) is 0. The molecule has 0 fully saturated rings. The van der Waals surface area contributed by atoms with E-state index in [-0.39, 0.29) is 0 Å². The number of rotatable bonds is 5. The minimum atomic E-state index is -0.758. The third-order valence-electron chi connectivity index (χ3n) is 3.83. The van der Waals surface area contributed by atoms with Gasteiger partial charge in [-0.2, -0.15) is 0 Å². The molecule has 0 aliphatic heterocycles. The smallest absolute Gasteiger partial charge is 0.115 e. The first kappa shape index (κ1) is 13.5. The quantitative estimate of drug-likeness (QED) is 0.685. The number of hydrogen-bond donors (Lipinski definition) is 3. The van der Waals surface area contributed by atoms with Gasteiger partial charge in [-0.15, -0.1) is 0 Å². The Balaban J connectivity index is 2.09. The maximum absolute atomic E-state index is 9.11. The third-order valence-corrected chi connectivity index (χ3v) is 3.83. The molecule has 0 bridgehead atoms. The molecule has 2 rings (SSSR count). The number of benzene rings is 1. The molecule has 0 heterocycles. The van der Waals surface area contributed by atoms with Crippen LogP contribution < -0.4 is 11.1 Å². The Kier molecular flexibility index (Phi) is 4.38. The molecule has 0 aromatic heterocycles. The van der Waals surface area contributed by atoms with E-state index in [0.717, 1.165) is 25.7 Å². The largest absolute Gasteiger partial charge is 0.377 e. The van der Waals surface area contributed by atoms with Gasteiger partial charge in [0.2, 0.25) is 0 Å². The lowest BCUT2D eigenvalue weighted by Gasteiger charge is -2.12. The molecule has 1 aromatic rings. The van der Waals surface area contributed by atoms with Crippen molar-refractivity contribution in [3.63, 3.8) is 0 Å². The van der Waals surface area contributed by atoms with Crippen LogP contribution in [0.3, 0.4) is 0 Å². The topological polar surface area (TPSA) is 58.3 Å². The second-order valence-corrected chi connectivity index (χ2v) is 5.18. The Morgan fingerprint density at radius 2 is 1.72 bits per heavy atom. The molecule has 1 aliphatic carbocycles. The summed E-state index contributed by atoms with van der Waals surface area (Å²) < 4.78 is 0. The maximum atomic E-state index is 9.11. The molecule has 4 N–H and O–H groups in total. The van der Waals surface area contributed by atoms with Crippen molar-refractivity contribution in [2.24, 2.45) is 5.73 Å². The second kappa shape index (κ2) is 5.83. The number of nitrogens with two attached hydrogens (primary N) is 1. The zero-order valence-electron chi connectivity index (χ0n) is 11.4. The zero-order chi connectivity index (χ0) is 13.1. The van der Waals surface area contributed by atoms with Gasteiger partial charge in [0.05, 0.1) is 0 Å². The van der Waals surface area contributed by atoms with Gasteiger partial charge in [0, 0.05) is 12.6 Å². The third kappa shape index (κ3) is 2.91. The van der Waals surface area contributed by atoms with Gasteiger partial charge in [0.25, 0.3) is 0 Å². The van der Waals surface area contributed by atoms with Gasteiger partial charge < -0.3 is 16.2 Å². The molecular formula is C15H24N2O. The number of nitrogens with one attached hydrogen (secondary N) is 1. The summed E-state index contributed by atoms with van der Waals surface area (Å²) in [5.74, 6) is 0. The predicted octanol–water partition coefficient (Wildman–Crippen LogP) is 1.15. The first-order chi connectivity index (χ1) is 8.63. The van der Waals surface area contributed by atoms with E-state index in [2.05, 4.69) is 31.3 Å². The lowest BCUT2D eigenvalue weighted by Crippen LogP contribution is -2.39. The number of hydrogen-bond acceptors (Lipinski definition) is 3. The van der Waals surface area contributed by atoms with Crippen LogP contribution in [0.5, 0.6) is 0 Å². The van der Waals surface area contributed by atoms with Gasteiger partial charge >= 0.3 is 0 Å². The molecule has 0 amide bonds. The van der Waals surface area contributed by atoms with Crippen molar-refractivity contribution in [1.29, 1.82) is 0 Å². The Morgan fingerprint density at radius 3 is 2.11 bits per heavy atom. The standard InChI is InChI=1S/C15H24N2O/c1-3-10-5-12-7-14(17-9-15(16)18)8-13(12)6-11(10)4-2/h5-6,14-15,17-18H,3-4,7-9,16H2,1-2H3. The van der Waals surface area contributed by atoms with Crippen LogP contribution in [0.2, 0.25) is 0 Å². The van der Waals surface area contributed by atoms with Crippen LogP contribution in [-0.4, -0.2) is 23.9 Å². The lowest BCUT2D eigenvalue weighted by atomic mass is 9.97. The molecule has 0 saturated heterocycles. The SMILES string of the molecule is CCc1cc2c(cc1CC)CC(NCC(N)O)C2. The molecule has 18 heavy (non-hydrogen) atoms. The zero-order valence-corrected chi connectivity index (χ0v) is 11.4. The highest BCUT2D eigenvalue weighted by atomic mass is 16.3. The second-order valence-electron chi connectivity index (χ2n) is 5.18. The molecule has 1 unspecified atom stereocenters. The molecule has 1 atom stereocenters. The summed E-state index contributed by atoms with van der Waals surface area (Å²) in [5, 5.41) is 12.4. The molecule has 3 heteroatoms. The normalized spacial score (nSPS) is 16.9. The molecule has 0 radical (unpaired) electrons. The van der Waals surface area contributed by atoms with E-state index in [1.165, 1.54) is 22.3 Å². The van der Waals surface area contributed by atoms with Crippen LogP contribution in [0.15, 0.2) is 12.1 Å². The molecule has 0 spiro atoms. The number of aliphatic hydroxyl groups is 1. The Labute approximate surface area is 109 Å². The van der Waals surface area contributed by atoms with E-state index in [9.17, 15) is 0 Å². The summed E-state index contributed by atoms with van der Waals surface area (Å²) in [6.07, 6.45) is 3.57. The summed E-state index contributed by atoms with van der Waals surface area (Å²) in [4.78, 5) is 0. The van der Waals surface area contributed by atoms with Gasteiger partial charge in [-0.25, -0.2) is 0 Å². The van der Waals surface area contributed by atoms with Crippen molar-refractivity contribution in [3.8, 4) is 0 Å². The van der Waals surface area contributed by atoms with E-state index in [0.29, 0.717) is 12.6 Å². The first-order valence-corrected chi connectivity index (χ1v) is 6.94. The van der Waals surface area contributed by atoms with Crippen molar-refractivity contribution < 1.29 is 5.11 Å². The molecule has 1 aromatic carbocycles. The Morgan fingerprint density at radius 1 is 1.22 bits per heavy atom. The molecule has 0 saturated carbocycles. The lowest BCUT2D eigenvalue weighted by molar-refractivity contribution is 0.174. The van der Waals surface area contributed by atoms with Gasteiger partial charge in [-0.3, -0.25) is 0 Å². The first-order valence-electron chi connectivity index (χ1n) is 6.94. The summed E-state index contributed by atoms with van der Waals surface area (Å²) >= 11 is 0. The monoisotopic (exact) mass is 248 g/mol. The van der Waals surface area contributed by atoms with E-state index >= 15 is 0 Å². The molecule has 3 nitrogen and oxygen atoms in total. The van der Waals surface area contributed by atoms with Crippen molar-refractivity contribution in [1.82, 2.24) is 5.32 Å². The van der Waals surface area contributed by atoms with E-state index < -0.39 is 6.23 Å². The number of aryl methyl sites for hydroxylation is 2. The van der Waals surface area contributed by atoms with Gasteiger partial charge in [0.15, 0.2) is 0 Å². The Bertz CT molecular complexity index is 382. The van der Waals surface area contributed by atoms with E-state index in [1.807, 2.05) is 0 Å². The van der Waals surface area contributed by atoms with Crippen LogP contribution in [-0.2, 0) is 25.7 Å². The minimum absolute atomic E-state index is 0.426. The van der Waals surface area contributed by atoms with Crippen LogP contribution >= 0.6 is 0 Å². The van der Waals surface area contributed by atoms with Gasteiger partial charge in [-0.1, -0.05) is 26.0 Å². The molecular weight excluding hydrogens is 224 g/mol. The number of fused-ring (bicyclic) bond motifs is 1. The van der Waals surface area contributed by atoms with Gasteiger partial charge in [0.1, 0.15) is 6.23 Å². The van der Waals surface area contributed by atoms with E-state index in [1.54, 1.807) is 0 Å². The van der Waals surface area contributed by atoms with Crippen LogP contribution in [0.4, 0.5) is 0 Å². The highest BCUT2D eigenvalue weighted by molar-refractivity contribution is 5.42. The number of aliphatic hydroxyl groups excluding tert-OH is 1. The predicted molar refractivity (Wildman–Crippen MR) is 74.6 cm³/mol. The highest BCUT2D eigenvalue weighted by Gasteiger charge is 2.22. The van der Waals surface area contributed by atoms with Crippen LogP contribution in [0, 0.1) is 0 Å². The summed E-state index contributed by atoms with van der Waals surface area (Å²) in [6.45, 7) is 4.91. The van der Waals surface area contributed by atoms with Crippen LogP contribution in [0.1, 0.15) is 36.1 Å².